The topological polar surface area (TPSA) is 54.9 Å². The first-order chi connectivity index (χ1) is 11.9. The number of guanidine groups is 1. The maximum Gasteiger partial charge on any atom is 0.191 e. The second-order valence-corrected chi connectivity index (χ2v) is 7.72. The Hall–Kier alpha value is -1.75. The highest BCUT2D eigenvalue weighted by Gasteiger charge is 2.35. The number of ether oxygens (including phenoxy) is 2. The van der Waals surface area contributed by atoms with Gasteiger partial charge in [0.25, 0.3) is 0 Å². The highest BCUT2D eigenvalue weighted by molar-refractivity contribution is 5.79. The quantitative estimate of drug-likeness (QED) is 0.634. The molecule has 1 saturated heterocycles. The standard InChI is InChI=1S/C20H33N3O2/c1-20(2,3)18-16(9-7-11-25-18)14-23-19(21-4)22-13-15-8-6-10-17(12-15)24-5/h6,8,10,12,16,18H,7,9,11,13-14H2,1-5H3,(H2,21,22,23). The number of hydrogen-bond donors (Lipinski definition) is 2. The molecule has 2 rings (SSSR count). The summed E-state index contributed by atoms with van der Waals surface area (Å²) in [5, 5.41) is 6.84. The molecular weight excluding hydrogens is 314 g/mol. The molecule has 0 saturated carbocycles. The number of methoxy groups -OCH3 is 1. The zero-order valence-electron chi connectivity index (χ0n) is 16.3. The molecule has 140 valence electrons. The minimum atomic E-state index is 0.157. The predicted octanol–water partition coefficient (Wildman–Crippen LogP) is 3.20. The molecule has 0 spiro atoms. The molecule has 5 heteroatoms. The zero-order valence-corrected chi connectivity index (χ0v) is 16.3. The molecule has 0 aliphatic carbocycles. The van der Waals surface area contributed by atoms with Crippen LogP contribution in [0.3, 0.4) is 0 Å². The minimum absolute atomic E-state index is 0.157. The molecule has 0 bridgehead atoms. The van der Waals surface area contributed by atoms with Crippen LogP contribution in [0.1, 0.15) is 39.2 Å². The SMILES string of the molecule is CN=C(NCc1cccc(OC)c1)NCC1CCCOC1C(C)(C)C. The van der Waals surface area contributed by atoms with Gasteiger partial charge in [0.1, 0.15) is 5.75 Å². The minimum Gasteiger partial charge on any atom is -0.497 e. The van der Waals surface area contributed by atoms with Crippen LogP contribution in [0.25, 0.3) is 0 Å². The Morgan fingerprint density at radius 1 is 1.32 bits per heavy atom. The van der Waals surface area contributed by atoms with Crippen molar-refractivity contribution in [3.63, 3.8) is 0 Å². The lowest BCUT2D eigenvalue weighted by Crippen LogP contribution is -2.47. The molecular formula is C20H33N3O2. The average Bonchev–Trinajstić information content (AvgIpc) is 2.61. The van der Waals surface area contributed by atoms with Crippen molar-refractivity contribution in [1.82, 2.24) is 10.6 Å². The van der Waals surface area contributed by atoms with Crippen LogP contribution in [0.5, 0.6) is 5.75 Å². The largest absolute Gasteiger partial charge is 0.497 e. The average molecular weight is 348 g/mol. The molecule has 1 aliphatic heterocycles. The summed E-state index contributed by atoms with van der Waals surface area (Å²) >= 11 is 0. The Bertz CT molecular complexity index is 566. The van der Waals surface area contributed by atoms with E-state index in [0.29, 0.717) is 12.5 Å². The van der Waals surface area contributed by atoms with Crippen molar-refractivity contribution in [2.45, 2.75) is 46.3 Å². The molecule has 5 nitrogen and oxygen atoms in total. The van der Waals surface area contributed by atoms with Crippen molar-refractivity contribution in [1.29, 1.82) is 0 Å². The van der Waals surface area contributed by atoms with Gasteiger partial charge in [-0.1, -0.05) is 32.9 Å². The van der Waals surface area contributed by atoms with E-state index in [1.54, 1.807) is 14.2 Å². The maximum absolute atomic E-state index is 6.06. The zero-order chi connectivity index (χ0) is 18.3. The van der Waals surface area contributed by atoms with Crippen molar-refractivity contribution >= 4 is 5.96 Å². The summed E-state index contributed by atoms with van der Waals surface area (Å²) in [7, 11) is 3.49. The van der Waals surface area contributed by atoms with E-state index in [9.17, 15) is 0 Å². The monoisotopic (exact) mass is 347 g/mol. The Morgan fingerprint density at radius 2 is 2.12 bits per heavy atom. The van der Waals surface area contributed by atoms with Gasteiger partial charge < -0.3 is 20.1 Å². The fourth-order valence-electron chi connectivity index (χ4n) is 3.43. The first-order valence-electron chi connectivity index (χ1n) is 9.13. The first-order valence-corrected chi connectivity index (χ1v) is 9.13. The van der Waals surface area contributed by atoms with E-state index < -0.39 is 0 Å². The van der Waals surface area contributed by atoms with Crippen molar-refractivity contribution in [2.24, 2.45) is 16.3 Å². The number of aliphatic imine (C=N–C) groups is 1. The number of hydrogen-bond acceptors (Lipinski definition) is 3. The van der Waals surface area contributed by atoms with Crippen LogP contribution in [0.2, 0.25) is 0 Å². The third-order valence-electron chi connectivity index (χ3n) is 4.65. The van der Waals surface area contributed by atoms with Gasteiger partial charge in [0.15, 0.2) is 5.96 Å². The predicted molar refractivity (Wildman–Crippen MR) is 103 cm³/mol. The summed E-state index contributed by atoms with van der Waals surface area (Å²) in [6.07, 6.45) is 2.61. The highest BCUT2D eigenvalue weighted by atomic mass is 16.5. The van der Waals surface area contributed by atoms with Crippen molar-refractivity contribution in [2.75, 3.05) is 27.3 Å². The third kappa shape index (κ3) is 5.92. The van der Waals surface area contributed by atoms with Crippen LogP contribution >= 0.6 is 0 Å². The van der Waals surface area contributed by atoms with E-state index in [2.05, 4.69) is 42.5 Å². The molecule has 1 fully saturated rings. The van der Waals surface area contributed by atoms with Gasteiger partial charge in [-0.15, -0.1) is 0 Å². The van der Waals surface area contributed by atoms with E-state index in [1.807, 2.05) is 18.2 Å². The van der Waals surface area contributed by atoms with Crippen molar-refractivity contribution in [3.8, 4) is 5.75 Å². The lowest BCUT2D eigenvalue weighted by atomic mass is 9.78. The van der Waals surface area contributed by atoms with E-state index in [-0.39, 0.29) is 11.5 Å². The number of benzene rings is 1. The molecule has 2 unspecified atom stereocenters. The molecule has 1 heterocycles. The van der Waals surface area contributed by atoms with E-state index in [0.717, 1.165) is 36.8 Å². The Balaban J connectivity index is 1.87. The maximum atomic E-state index is 6.06. The molecule has 1 aromatic carbocycles. The smallest absolute Gasteiger partial charge is 0.191 e. The third-order valence-corrected chi connectivity index (χ3v) is 4.65. The number of rotatable bonds is 5. The summed E-state index contributed by atoms with van der Waals surface area (Å²) in [5.74, 6) is 2.19. The molecule has 2 atom stereocenters. The summed E-state index contributed by atoms with van der Waals surface area (Å²) < 4.78 is 11.3. The number of nitrogens with one attached hydrogen (secondary N) is 2. The Morgan fingerprint density at radius 3 is 2.80 bits per heavy atom. The van der Waals surface area contributed by atoms with Crippen LogP contribution in [-0.4, -0.2) is 39.4 Å². The second-order valence-electron chi connectivity index (χ2n) is 7.72. The molecule has 25 heavy (non-hydrogen) atoms. The molecule has 1 aliphatic rings. The van der Waals surface area contributed by atoms with Gasteiger partial charge in [-0.25, -0.2) is 0 Å². The van der Waals surface area contributed by atoms with Gasteiger partial charge in [0.2, 0.25) is 0 Å². The lowest BCUT2D eigenvalue weighted by Gasteiger charge is -2.40. The van der Waals surface area contributed by atoms with Gasteiger partial charge in [0, 0.05) is 32.7 Å². The van der Waals surface area contributed by atoms with Crippen LogP contribution in [0.15, 0.2) is 29.3 Å². The van der Waals surface area contributed by atoms with Gasteiger partial charge in [-0.2, -0.15) is 0 Å². The summed E-state index contributed by atoms with van der Waals surface area (Å²) in [6.45, 7) is 9.23. The van der Waals surface area contributed by atoms with Gasteiger partial charge in [-0.3, -0.25) is 4.99 Å². The number of nitrogens with zero attached hydrogens (tertiary/aromatic N) is 1. The van der Waals surface area contributed by atoms with Crippen LogP contribution in [-0.2, 0) is 11.3 Å². The highest BCUT2D eigenvalue weighted by Crippen LogP contribution is 2.33. The lowest BCUT2D eigenvalue weighted by molar-refractivity contribution is -0.0835. The molecule has 2 N–H and O–H groups in total. The van der Waals surface area contributed by atoms with E-state index in [4.69, 9.17) is 9.47 Å². The van der Waals surface area contributed by atoms with E-state index in [1.165, 1.54) is 6.42 Å². The van der Waals surface area contributed by atoms with E-state index >= 15 is 0 Å². The molecule has 0 aromatic heterocycles. The fourth-order valence-corrected chi connectivity index (χ4v) is 3.43. The normalized spacial score (nSPS) is 21.7. The summed E-state index contributed by atoms with van der Waals surface area (Å²) in [4.78, 5) is 4.34. The van der Waals surface area contributed by atoms with Crippen LogP contribution < -0.4 is 15.4 Å². The van der Waals surface area contributed by atoms with Gasteiger partial charge in [0.05, 0.1) is 13.2 Å². The Labute approximate surface area is 152 Å². The molecule has 1 aromatic rings. The second kappa shape index (κ2) is 9.09. The molecule has 0 amide bonds. The van der Waals surface area contributed by atoms with Crippen molar-refractivity contribution < 1.29 is 9.47 Å². The fraction of sp³-hybridized carbons (Fsp3) is 0.650. The summed E-state index contributed by atoms with van der Waals surface area (Å²) in [6, 6.07) is 8.06. The first kappa shape index (κ1) is 19.6. The van der Waals surface area contributed by atoms with Crippen LogP contribution in [0, 0.1) is 11.3 Å². The Kier molecular flexibility index (Phi) is 7.12. The van der Waals surface area contributed by atoms with Gasteiger partial charge >= 0.3 is 0 Å². The van der Waals surface area contributed by atoms with Gasteiger partial charge in [-0.05, 0) is 36.0 Å². The molecule has 0 radical (unpaired) electrons. The summed E-state index contributed by atoms with van der Waals surface area (Å²) in [5.41, 5.74) is 1.32. The van der Waals surface area contributed by atoms with Crippen molar-refractivity contribution in [3.05, 3.63) is 29.8 Å². The van der Waals surface area contributed by atoms with Crippen LogP contribution in [0.4, 0.5) is 0 Å².